The number of esters is 1. The van der Waals surface area contributed by atoms with Gasteiger partial charge >= 0.3 is 13.8 Å². The highest BCUT2D eigenvalue weighted by Gasteiger charge is 2.25. The number of unbranched alkanes of at least 4 members (excludes halogenated alkanes) is 1. The number of anilines is 1. The molecule has 0 spiro atoms. The van der Waals surface area contributed by atoms with Crippen LogP contribution < -0.4 is 11.1 Å². The molecule has 1 aromatic carbocycles. The van der Waals surface area contributed by atoms with Crippen LogP contribution in [0.4, 0.5) is 5.69 Å². The summed E-state index contributed by atoms with van der Waals surface area (Å²) < 4.78 is 30.8. The highest BCUT2D eigenvalue weighted by Crippen LogP contribution is 2.43. The molecule has 0 radical (unpaired) electrons. The number of phenols is 1. The number of nitrogens with one attached hydrogen (secondary N) is 1. The Morgan fingerprint density at radius 1 is 1.25 bits per heavy atom. The molecule has 2 atom stereocenters. The van der Waals surface area contributed by atoms with E-state index < -0.39 is 32.4 Å². The average Bonchev–Trinajstić information content (AvgIpc) is 2.75. The third kappa shape index (κ3) is 11.1. The predicted molar refractivity (Wildman–Crippen MR) is 113 cm³/mol. The van der Waals surface area contributed by atoms with E-state index >= 15 is 0 Å². The van der Waals surface area contributed by atoms with E-state index in [9.17, 15) is 28.9 Å². The molecule has 0 saturated carbocycles. The molecule has 0 aliphatic carbocycles. The van der Waals surface area contributed by atoms with Gasteiger partial charge in [-0.25, -0.2) is 4.57 Å². The SMILES string of the molecule is CCCOP(=O)(O)OCC(COC=O)OC(=O)CCCCNC(=O)c1cc(N)ccc1O. The molecule has 0 fully saturated rings. The number of rotatable bonds is 16. The molecule has 0 heterocycles. The zero-order valence-corrected chi connectivity index (χ0v) is 18.6. The summed E-state index contributed by atoms with van der Waals surface area (Å²) in [5, 5.41) is 12.3. The Morgan fingerprint density at radius 3 is 2.69 bits per heavy atom. The van der Waals surface area contributed by atoms with E-state index in [4.69, 9.17) is 15.0 Å². The van der Waals surface area contributed by atoms with Crippen LogP contribution in [0.5, 0.6) is 5.75 Å². The number of hydrogen-bond acceptors (Lipinski definition) is 10. The number of amides is 1. The summed E-state index contributed by atoms with van der Waals surface area (Å²) in [4.78, 5) is 44.0. The van der Waals surface area contributed by atoms with Gasteiger partial charge in [-0.15, -0.1) is 0 Å². The van der Waals surface area contributed by atoms with Gasteiger partial charge in [0.2, 0.25) is 0 Å². The number of benzene rings is 1. The number of carbonyl (C=O) groups excluding carboxylic acids is 3. The van der Waals surface area contributed by atoms with Crippen molar-refractivity contribution < 1.29 is 47.5 Å². The maximum atomic E-state index is 12.1. The van der Waals surface area contributed by atoms with Gasteiger partial charge in [-0.05, 0) is 37.5 Å². The summed E-state index contributed by atoms with van der Waals surface area (Å²) in [6.07, 6.45) is 0.195. The quantitative estimate of drug-likeness (QED) is 0.0677. The van der Waals surface area contributed by atoms with E-state index in [2.05, 4.69) is 14.6 Å². The van der Waals surface area contributed by atoms with Crippen molar-refractivity contribution >= 4 is 31.9 Å². The molecule has 0 bridgehead atoms. The molecule has 12 nitrogen and oxygen atoms in total. The van der Waals surface area contributed by atoms with Gasteiger partial charge in [0, 0.05) is 18.7 Å². The number of phosphoric acid groups is 1. The van der Waals surface area contributed by atoms with Crippen molar-refractivity contribution in [2.45, 2.75) is 38.7 Å². The Labute approximate surface area is 185 Å². The van der Waals surface area contributed by atoms with Crippen LogP contribution in [0.2, 0.25) is 0 Å². The summed E-state index contributed by atoms with van der Waals surface area (Å²) in [7, 11) is -4.31. The molecule has 0 saturated heterocycles. The third-order valence-electron chi connectivity index (χ3n) is 3.89. The Hall–Kier alpha value is -2.66. The van der Waals surface area contributed by atoms with Gasteiger partial charge in [0.05, 0.1) is 18.8 Å². The van der Waals surface area contributed by atoms with Crippen LogP contribution >= 0.6 is 7.82 Å². The van der Waals surface area contributed by atoms with Crippen molar-refractivity contribution in [3.63, 3.8) is 0 Å². The van der Waals surface area contributed by atoms with Gasteiger partial charge in [0.25, 0.3) is 12.4 Å². The fourth-order valence-electron chi connectivity index (χ4n) is 2.36. The number of hydrogen-bond donors (Lipinski definition) is 4. The molecule has 5 N–H and O–H groups in total. The first-order valence-corrected chi connectivity index (χ1v) is 11.4. The van der Waals surface area contributed by atoms with Crippen LogP contribution in [-0.4, -0.2) is 60.8 Å². The largest absolute Gasteiger partial charge is 0.507 e. The molecule has 32 heavy (non-hydrogen) atoms. The fraction of sp³-hybridized carbons (Fsp3) is 0.526. The Kier molecular flexibility index (Phi) is 12.3. The highest BCUT2D eigenvalue weighted by atomic mass is 31.2. The number of carbonyl (C=O) groups is 3. The molecule has 0 aliphatic rings. The first-order valence-electron chi connectivity index (χ1n) is 9.91. The van der Waals surface area contributed by atoms with Crippen LogP contribution in [0.3, 0.4) is 0 Å². The average molecular weight is 476 g/mol. The summed E-state index contributed by atoms with van der Waals surface area (Å²) >= 11 is 0. The summed E-state index contributed by atoms with van der Waals surface area (Å²) in [6, 6.07) is 4.14. The van der Waals surface area contributed by atoms with Crippen LogP contribution in [-0.2, 0) is 32.7 Å². The molecule has 0 aromatic heterocycles. The zero-order valence-electron chi connectivity index (χ0n) is 17.7. The lowest BCUT2D eigenvalue weighted by atomic mass is 10.1. The number of aromatic hydroxyl groups is 1. The van der Waals surface area contributed by atoms with Crippen molar-refractivity contribution in [1.29, 1.82) is 0 Å². The van der Waals surface area contributed by atoms with E-state index in [1.807, 2.05) is 0 Å². The van der Waals surface area contributed by atoms with Gasteiger partial charge in [-0.2, -0.15) is 0 Å². The zero-order chi connectivity index (χ0) is 24.0. The lowest BCUT2D eigenvalue weighted by molar-refractivity contribution is -0.157. The molecule has 1 amide bonds. The number of nitrogens with two attached hydrogens (primary N) is 1. The number of ether oxygens (including phenoxy) is 2. The second kappa shape index (κ2) is 14.4. The van der Waals surface area contributed by atoms with Gasteiger partial charge in [-0.3, -0.25) is 23.4 Å². The molecule has 2 unspecified atom stereocenters. The van der Waals surface area contributed by atoms with E-state index in [1.54, 1.807) is 6.92 Å². The summed E-state index contributed by atoms with van der Waals surface area (Å²) in [5.74, 6) is -1.34. The van der Waals surface area contributed by atoms with Crippen molar-refractivity contribution in [1.82, 2.24) is 5.32 Å². The van der Waals surface area contributed by atoms with Crippen molar-refractivity contribution in [3.8, 4) is 5.75 Å². The summed E-state index contributed by atoms with van der Waals surface area (Å²) in [6.45, 7) is 1.28. The molecular weight excluding hydrogens is 447 g/mol. The molecular formula is C19H29N2O10P. The number of phosphoric ester groups is 1. The Balaban J connectivity index is 2.37. The second-order valence-electron chi connectivity index (χ2n) is 6.63. The van der Waals surface area contributed by atoms with E-state index in [-0.39, 0.29) is 44.0 Å². The Bertz CT molecular complexity index is 804. The van der Waals surface area contributed by atoms with Crippen LogP contribution in [0.15, 0.2) is 18.2 Å². The minimum absolute atomic E-state index is 0.0108. The lowest BCUT2D eigenvalue weighted by Crippen LogP contribution is -2.28. The smallest absolute Gasteiger partial charge is 0.472 e. The fourth-order valence-corrected chi connectivity index (χ4v) is 3.20. The molecule has 0 aliphatic heterocycles. The standard InChI is InChI=1S/C19H29N2O10P/c1-2-9-29-32(26,27)30-12-15(11-28-13-22)31-18(24)5-3-4-8-21-19(25)16-10-14(20)6-7-17(16)23/h6-7,10,13,15,23H,2-5,8-9,11-12,20H2,1H3,(H,21,25)(H,26,27). The van der Waals surface area contributed by atoms with Crippen molar-refractivity contribution in [2.75, 3.05) is 32.1 Å². The van der Waals surface area contributed by atoms with E-state index in [0.29, 0.717) is 24.9 Å². The molecule has 1 aromatic rings. The number of phenolic OH excluding ortho intramolecular Hbond substituents is 1. The maximum Gasteiger partial charge on any atom is 0.472 e. The predicted octanol–water partition coefficient (Wildman–Crippen LogP) is 1.50. The molecule has 1 rings (SSSR count). The van der Waals surface area contributed by atoms with E-state index in [0.717, 1.165) is 0 Å². The highest BCUT2D eigenvalue weighted by molar-refractivity contribution is 7.47. The van der Waals surface area contributed by atoms with Crippen molar-refractivity contribution in [3.05, 3.63) is 23.8 Å². The minimum Gasteiger partial charge on any atom is -0.507 e. The van der Waals surface area contributed by atoms with Gasteiger partial charge in [-0.1, -0.05) is 6.92 Å². The molecule has 180 valence electrons. The van der Waals surface area contributed by atoms with Crippen LogP contribution in [0.25, 0.3) is 0 Å². The lowest BCUT2D eigenvalue weighted by Gasteiger charge is -2.19. The summed E-state index contributed by atoms with van der Waals surface area (Å²) in [5.41, 5.74) is 5.98. The van der Waals surface area contributed by atoms with Crippen LogP contribution in [0.1, 0.15) is 43.0 Å². The molecule has 13 heteroatoms. The van der Waals surface area contributed by atoms with Crippen molar-refractivity contribution in [2.24, 2.45) is 0 Å². The monoisotopic (exact) mass is 476 g/mol. The topological polar surface area (TPSA) is 184 Å². The second-order valence-corrected chi connectivity index (χ2v) is 8.08. The first-order chi connectivity index (χ1) is 15.2. The third-order valence-corrected chi connectivity index (χ3v) is 4.87. The van der Waals surface area contributed by atoms with Gasteiger partial charge in [0.15, 0.2) is 6.10 Å². The van der Waals surface area contributed by atoms with Crippen LogP contribution in [0, 0.1) is 0 Å². The normalized spacial score (nSPS) is 13.6. The van der Waals surface area contributed by atoms with E-state index in [1.165, 1.54) is 18.2 Å². The minimum atomic E-state index is -4.31. The maximum absolute atomic E-state index is 12.1. The van der Waals surface area contributed by atoms with Gasteiger partial charge < -0.3 is 30.5 Å². The first kappa shape index (κ1) is 27.4. The Morgan fingerprint density at radius 2 is 2.00 bits per heavy atom. The number of nitrogen functional groups attached to an aromatic ring is 1. The van der Waals surface area contributed by atoms with Gasteiger partial charge in [0.1, 0.15) is 12.4 Å².